The predicted molar refractivity (Wildman–Crippen MR) is 72.2 cm³/mol. The number of pyridine rings is 1. The molecule has 0 aromatic carbocycles. The topological polar surface area (TPSA) is 33.1 Å². The SMILES string of the molecule is CCCCCCCCC(O)c1cnccc1C(F)(F)F. The van der Waals surface area contributed by atoms with Gasteiger partial charge in [-0.15, -0.1) is 0 Å². The van der Waals surface area contributed by atoms with Gasteiger partial charge in [-0.2, -0.15) is 13.2 Å². The molecule has 0 aliphatic rings. The van der Waals surface area contributed by atoms with Crippen LogP contribution in [0.15, 0.2) is 18.5 Å². The van der Waals surface area contributed by atoms with Crippen LogP contribution in [0.25, 0.3) is 0 Å². The highest BCUT2D eigenvalue weighted by atomic mass is 19.4. The molecule has 1 atom stereocenters. The van der Waals surface area contributed by atoms with Gasteiger partial charge in [0.1, 0.15) is 0 Å². The average molecular weight is 289 g/mol. The molecule has 0 saturated heterocycles. The smallest absolute Gasteiger partial charge is 0.388 e. The number of aliphatic hydroxyl groups is 1. The highest BCUT2D eigenvalue weighted by Crippen LogP contribution is 2.35. The molecule has 0 amide bonds. The number of aliphatic hydroxyl groups excluding tert-OH is 1. The first-order chi connectivity index (χ1) is 9.46. The largest absolute Gasteiger partial charge is 0.416 e. The number of nitrogens with zero attached hydrogens (tertiary/aromatic N) is 1. The van der Waals surface area contributed by atoms with E-state index >= 15 is 0 Å². The maximum Gasteiger partial charge on any atom is 0.416 e. The number of hydrogen-bond donors (Lipinski definition) is 1. The van der Waals surface area contributed by atoms with Crippen molar-refractivity contribution in [2.45, 2.75) is 64.1 Å². The van der Waals surface area contributed by atoms with E-state index in [1.807, 2.05) is 0 Å². The molecule has 1 heterocycles. The summed E-state index contributed by atoms with van der Waals surface area (Å²) in [5.74, 6) is 0. The molecule has 5 heteroatoms. The summed E-state index contributed by atoms with van der Waals surface area (Å²) in [6, 6.07) is 0.916. The Kier molecular flexibility index (Phi) is 6.99. The lowest BCUT2D eigenvalue weighted by Gasteiger charge is -2.16. The molecule has 1 unspecified atom stereocenters. The van der Waals surface area contributed by atoms with Gasteiger partial charge in [-0.3, -0.25) is 4.98 Å². The van der Waals surface area contributed by atoms with Crippen LogP contribution in [0.3, 0.4) is 0 Å². The number of unbranched alkanes of at least 4 members (excludes halogenated alkanes) is 5. The Morgan fingerprint density at radius 3 is 2.45 bits per heavy atom. The van der Waals surface area contributed by atoms with Crippen molar-refractivity contribution in [2.75, 3.05) is 0 Å². The minimum atomic E-state index is -4.44. The number of alkyl halides is 3. The molecule has 2 nitrogen and oxygen atoms in total. The van der Waals surface area contributed by atoms with Crippen LogP contribution in [0.1, 0.15) is 69.1 Å². The van der Waals surface area contributed by atoms with E-state index in [1.54, 1.807) is 0 Å². The Bertz CT molecular complexity index is 393. The summed E-state index contributed by atoms with van der Waals surface area (Å²) in [6.07, 6.45) is 3.26. The van der Waals surface area contributed by atoms with Crippen LogP contribution >= 0.6 is 0 Å². The summed E-state index contributed by atoms with van der Waals surface area (Å²) in [5, 5.41) is 9.93. The normalized spacial score (nSPS) is 13.4. The third-order valence-corrected chi connectivity index (χ3v) is 3.35. The van der Waals surface area contributed by atoms with E-state index in [0.29, 0.717) is 6.42 Å². The minimum Gasteiger partial charge on any atom is -0.388 e. The van der Waals surface area contributed by atoms with Crippen molar-refractivity contribution < 1.29 is 18.3 Å². The van der Waals surface area contributed by atoms with Gasteiger partial charge in [0, 0.05) is 18.0 Å². The van der Waals surface area contributed by atoms with E-state index in [9.17, 15) is 18.3 Å². The number of aromatic nitrogens is 1. The summed E-state index contributed by atoms with van der Waals surface area (Å²) < 4.78 is 38.4. The van der Waals surface area contributed by atoms with Crippen LogP contribution < -0.4 is 0 Å². The third kappa shape index (κ3) is 5.49. The summed E-state index contributed by atoms with van der Waals surface area (Å²) in [5.41, 5.74) is -0.903. The van der Waals surface area contributed by atoms with Crippen molar-refractivity contribution >= 4 is 0 Å². The fraction of sp³-hybridized carbons (Fsp3) is 0.667. The van der Waals surface area contributed by atoms with Crippen molar-refractivity contribution in [1.82, 2.24) is 4.98 Å². The fourth-order valence-corrected chi connectivity index (χ4v) is 2.20. The van der Waals surface area contributed by atoms with Crippen LogP contribution in [-0.4, -0.2) is 10.1 Å². The van der Waals surface area contributed by atoms with Crippen LogP contribution in [0.4, 0.5) is 13.2 Å². The molecule has 1 rings (SSSR count). The molecule has 0 radical (unpaired) electrons. The predicted octanol–water partition coefficient (Wildman–Crippen LogP) is 4.88. The maximum absolute atomic E-state index is 12.8. The zero-order chi connectivity index (χ0) is 15.0. The second-order valence-corrected chi connectivity index (χ2v) is 5.03. The Balaban J connectivity index is 2.49. The first-order valence-corrected chi connectivity index (χ1v) is 7.16. The van der Waals surface area contributed by atoms with Crippen molar-refractivity contribution in [2.24, 2.45) is 0 Å². The van der Waals surface area contributed by atoms with Gasteiger partial charge in [0.25, 0.3) is 0 Å². The minimum absolute atomic E-state index is 0.117. The molecule has 1 aromatic heterocycles. The third-order valence-electron chi connectivity index (χ3n) is 3.35. The van der Waals surface area contributed by atoms with Gasteiger partial charge in [0.05, 0.1) is 11.7 Å². The van der Waals surface area contributed by atoms with E-state index in [1.165, 1.54) is 6.42 Å². The standard InChI is InChI=1S/C15H22F3NO/c1-2-3-4-5-6-7-8-14(20)12-11-19-10-9-13(12)15(16,17)18/h9-11,14,20H,2-8H2,1H3. The molecule has 0 saturated carbocycles. The second kappa shape index (κ2) is 8.25. The van der Waals surface area contributed by atoms with Gasteiger partial charge in [0.15, 0.2) is 0 Å². The fourth-order valence-electron chi connectivity index (χ4n) is 2.20. The Morgan fingerprint density at radius 2 is 1.80 bits per heavy atom. The van der Waals surface area contributed by atoms with E-state index in [-0.39, 0.29) is 5.56 Å². The van der Waals surface area contributed by atoms with Crippen LogP contribution in [-0.2, 0) is 6.18 Å². The van der Waals surface area contributed by atoms with E-state index in [4.69, 9.17) is 0 Å². The summed E-state index contributed by atoms with van der Waals surface area (Å²) in [4.78, 5) is 3.69. The lowest BCUT2D eigenvalue weighted by molar-refractivity contribution is -0.139. The monoisotopic (exact) mass is 289 g/mol. The molecule has 20 heavy (non-hydrogen) atoms. The Hall–Kier alpha value is -1.10. The molecule has 0 bridgehead atoms. The van der Waals surface area contributed by atoms with E-state index < -0.39 is 17.8 Å². The van der Waals surface area contributed by atoms with Gasteiger partial charge in [-0.1, -0.05) is 45.4 Å². The van der Waals surface area contributed by atoms with Gasteiger partial charge in [0.2, 0.25) is 0 Å². The molecule has 0 fully saturated rings. The molecule has 1 aromatic rings. The molecular formula is C15H22F3NO. The lowest BCUT2D eigenvalue weighted by Crippen LogP contribution is -2.12. The number of halogens is 3. The quantitative estimate of drug-likeness (QED) is 0.691. The lowest BCUT2D eigenvalue weighted by atomic mass is 9.99. The maximum atomic E-state index is 12.8. The number of rotatable bonds is 8. The zero-order valence-electron chi connectivity index (χ0n) is 11.8. The van der Waals surface area contributed by atoms with E-state index in [0.717, 1.165) is 50.6 Å². The van der Waals surface area contributed by atoms with Gasteiger partial charge in [-0.05, 0) is 12.5 Å². The van der Waals surface area contributed by atoms with Crippen molar-refractivity contribution in [3.63, 3.8) is 0 Å². The van der Waals surface area contributed by atoms with Crippen molar-refractivity contribution in [3.05, 3.63) is 29.6 Å². The van der Waals surface area contributed by atoms with Crippen LogP contribution in [0, 0.1) is 0 Å². The van der Waals surface area contributed by atoms with Crippen molar-refractivity contribution in [3.8, 4) is 0 Å². The molecular weight excluding hydrogens is 267 g/mol. The molecule has 114 valence electrons. The number of hydrogen-bond acceptors (Lipinski definition) is 2. The Labute approximate surface area is 118 Å². The van der Waals surface area contributed by atoms with Crippen molar-refractivity contribution in [1.29, 1.82) is 0 Å². The average Bonchev–Trinajstić information content (AvgIpc) is 2.41. The summed E-state index contributed by atoms with van der Waals surface area (Å²) in [7, 11) is 0. The second-order valence-electron chi connectivity index (χ2n) is 5.03. The summed E-state index contributed by atoms with van der Waals surface area (Å²) in [6.45, 7) is 2.13. The van der Waals surface area contributed by atoms with E-state index in [2.05, 4.69) is 11.9 Å². The zero-order valence-corrected chi connectivity index (χ0v) is 11.8. The van der Waals surface area contributed by atoms with Gasteiger partial charge >= 0.3 is 6.18 Å². The Morgan fingerprint density at radius 1 is 1.15 bits per heavy atom. The van der Waals surface area contributed by atoms with Crippen LogP contribution in [0.2, 0.25) is 0 Å². The molecule has 0 aliphatic heterocycles. The molecule has 0 spiro atoms. The first-order valence-electron chi connectivity index (χ1n) is 7.16. The van der Waals surface area contributed by atoms with Gasteiger partial charge in [-0.25, -0.2) is 0 Å². The van der Waals surface area contributed by atoms with Crippen LogP contribution in [0.5, 0.6) is 0 Å². The summed E-state index contributed by atoms with van der Waals surface area (Å²) >= 11 is 0. The van der Waals surface area contributed by atoms with Gasteiger partial charge < -0.3 is 5.11 Å². The highest BCUT2D eigenvalue weighted by Gasteiger charge is 2.34. The molecule has 1 N–H and O–H groups in total. The first kappa shape index (κ1) is 17.0. The highest BCUT2D eigenvalue weighted by molar-refractivity contribution is 5.28. The molecule has 0 aliphatic carbocycles.